The molecule has 0 atom stereocenters. The van der Waals surface area contributed by atoms with Crippen LogP contribution in [0, 0.1) is 13.8 Å². The molecule has 1 aromatic carbocycles. The van der Waals surface area contributed by atoms with Crippen LogP contribution in [0.2, 0.25) is 0 Å². The number of para-hydroxylation sites is 1. The van der Waals surface area contributed by atoms with E-state index in [-0.39, 0.29) is 0 Å². The van der Waals surface area contributed by atoms with Crippen LogP contribution in [0.15, 0.2) is 18.2 Å². The molecule has 0 aliphatic carbocycles. The van der Waals surface area contributed by atoms with Crippen LogP contribution in [0.1, 0.15) is 31.4 Å². The lowest BCUT2D eigenvalue weighted by Gasteiger charge is -2.17. The third-order valence-electron chi connectivity index (χ3n) is 3.76. The first-order valence-corrected chi connectivity index (χ1v) is 7.87. The van der Waals surface area contributed by atoms with Gasteiger partial charge in [-0.05, 0) is 51.0 Å². The molecule has 0 saturated heterocycles. The fourth-order valence-electron chi connectivity index (χ4n) is 2.31. The van der Waals surface area contributed by atoms with Crippen LogP contribution in [-0.4, -0.2) is 42.9 Å². The minimum atomic E-state index is -0.611. The van der Waals surface area contributed by atoms with Gasteiger partial charge in [-0.2, -0.15) is 0 Å². The smallest absolute Gasteiger partial charge is 0.313 e. The van der Waals surface area contributed by atoms with Crippen molar-refractivity contribution in [3.8, 4) is 0 Å². The maximum Gasteiger partial charge on any atom is 0.313 e. The summed E-state index contributed by atoms with van der Waals surface area (Å²) < 4.78 is 0. The lowest BCUT2D eigenvalue weighted by molar-refractivity contribution is -0.136. The number of hydrogen-bond acceptors (Lipinski definition) is 3. The Morgan fingerprint density at radius 2 is 1.64 bits per heavy atom. The molecule has 2 N–H and O–H groups in total. The van der Waals surface area contributed by atoms with Crippen molar-refractivity contribution in [1.82, 2.24) is 10.2 Å². The Labute approximate surface area is 133 Å². The first-order valence-electron chi connectivity index (χ1n) is 7.87. The minimum absolute atomic E-state index is 0.509. The highest BCUT2D eigenvalue weighted by Gasteiger charge is 2.15. The largest absolute Gasteiger partial charge is 0.348 e. The number of carbonyl (C=O) groups excluding carboxylic acids is 2. The SMILES string of the molecule is CCN(CC)CCCNC(=O)C(=O)Nc1c(C)cccc1C. The van der Waals surface area contributed by atoms with Crippen molar-refractivity contribution in [2.75, 3.05) is 31.5 Å². The molecule has 5 heteroatoms. The summed E-state index contributed by atoms with van der Waals surface area (Å²) in [4.78, 5) is 26.0. The minimum Gasteiger partial charge on any atom is -0.348 e. The van der Waals surface area contributed by atoms with E-state index >= 15 is 0 Å². The number of rotatable bonds is 7. The average Bonchev–Trinajstić information content (AvgIpc) is 2.50. The van der Waals surface area contributed by atoms with Crippen LogP contribution in [0.5, 0.6) is 0 Å². The second kappa shape index (κ2) is 9.20. The van der Waals surface area contributed by atoms with E-state index in [0.29, 0.717) is 12.2 Å². The molecule has 0 fully saturated rings. The molecular weight excluding hydrogens is 278 g/mol. The zero-order valence-electron chi connectivity index (χ0n) is 14.0. The predicted octanol–water partition coefficient (Wildman–Crippen LogP) is 2.09. The monoisotopic (exact) mass is 305 g/mol. The molecule has 0 spiro atoms. The summed E-state index contributed by atoms with van der Waals surface area (Å²) in [6.07, 6.45) is 0.837. The van der Waals surface area contributed by atoms with Crippen LogP contribution >= 0.6 is 0 Å². The van der Waals surface area contributed by atoms with Gasteiger partial charge in [0.15, 0.2) is 0 Å². The Kier molecular flexibility index (Phi) is 7.60. The van der Waals surface area contributed by atoms with Gasteiger partial charge in [-0.3, -0.25) is 9.59 Å². The fraction of sp³-hybridized carbons (Fsp3) is 0.529. The highest BCUT2D eigenvalue weighted by molar-refractivity contribution is 6.39. The molecule has 1 rings (SSSR count). The zero-order valence-corrected chi connectivity index (χ0v) is 14.0. The summed E-state index contributed by atoms with van der Waals surface area (Å²) in [6.45, 7) is 11.5. The van der Waals surface area contributed by atoms with Crippen LogP contribution < -0.4 is 10.6 Å². The van der Waals surface area contributed by atoms with E-state index in [1.807, 2.05) is 32.0 Å². The molecule has 122 valence electrons. The van der Waals surface area contributed by atoms with E-state index in [1.165, 1.54) is 0 Å². The van der Waals surface area contributed by atoms with Gasteiger partial charge >= 0.3 is 11.8 Å². The molecule has 0 aliphatic heterocycles. The number of hydrogen-bond donors (Lipinski definition) is 2. The standard InChI is InChI=1S/C17H27N3O2/c1-5-20(6-2)12-8-11-18-16(21)17(22)19-15-13(3)9-7-10-14(15)4/h7,9-10H,5-6,8,11-12H2,1-4H3,(H,18,21)(H,19,22). The van der Waals surface area contributed by atoms with Crippen LogP contribution in [0.25, 0.3) is 0 Å². The van der Waals surface area contributed by atoms with Gasteiger partial charge < -0.3 is 15.5 Å². The second-order valence-electron chi connectivity index (χ2n) is 5.36. The molecule has 0 bridgehead atoms. The lowest BCUT2D eigenvalue weighted by atomic mass is 10.1. The van der Waals surface area contributed by atoms with Crippen molar-refractivity contribution in [2.24, 2.45) is 0 Å². The van der Waals surface area contributed by atoms with Gasteiger partial charge in [-0.1, -0.05) is 32.0 Å². The lowest BCUT2D eigenvalue weighted by Crippen LogP contribution is -2.37. The molecule has 22 heavy (non-hydrogen) atoms. The van der Waals surface area contributed by atoms with E-state index in [4.69, 9.17) is 0 Å². The number of benzene rings is 1. The molecular formula is C17H27N3O2. The van der Waals surface area contributed by atoms with Gasteiger partial charge in [-0.15, -0.1) is 0 Å². The summed E-state index contributed by atoms with van der Waals surface area (Å²) in [5.74, 6) is -1.19. The summed E-state index contributed by atoms with van der Waals surface area (Å²) >= 11 is 0. The van der Waals surface area contributed by atoms with Crippen LogP contribution in [0.3, 0.4) is 0 Å². The second-order valence-corrected chi connectivity index (χ2v) is 5.36. The van der Waals surface area contributed by atoms with Gasteiger partial charge in [0.1, 0.15) is 0 Å². The van der Waals surface area contributed by atoms with E-state index in [1.54, 1.807) is 0 Å². The summed E-state index contributed by atoms with van der Waals surface area (Å²) in [7, 11) is 0. The van der Waals surface area contributed by atoms with Gasteiger partial charge in [0.05, 0.1) is 0 Å². The molecule has 0 saturated carbocycles. The van der Waals surface area contributed by atoms with Crippen molar-refractivity contribution in [1.29, 1.82) is 0 Å². The van der Waals surface area contributed by atoms with Crippen molar-refractivity contribution in [3.63, 3.8) is 0 Å². The first kappa shape index (κ1) is 18.2. The Morgan fingerprint density at radius 1 is 1.05 bits per heavy atom. The number of carbonyl (C=O) groups is 2. The first-order chi connectivity index (χ1) is 10.5. The Morgan fingerprint density at radius 3 is 2.18 bits per heavy atom. The van der Waals surface area contributed by atoms with Crippen LogP contribution in [0.4, 0.5) is 5.69 Å². The highest BCUT2D eigenvalue weighted by Crippen LogP contribution is 2.19. The summed E-state index contributed by atoms with van der Waals surface area (Å²) in [5.41, 5.74) is 2.61. The molecule has 5 nitrogen and oxygen atoms in total. The van der Waals surface area contributed by atoms with Gasteiger partial charge in [-0.25, -0.2) is 0 Å². The van der Waals surface area contributed by atoms with Crippen molar-refractivity contribution in [2.45, 2.75) is 34.1 Å². The third-order valence-corrected chi connectivity index (χ3v) is 3.76. The number of amides is 2. The topological polar surface area (TPSA) is 61.4 Å². The van der Waals surface area contributed by atoms with Gasteiger partial charge in [0.25, 0.3) is 0 Å². The molecule has 0 aromatic heterocycles. The predicted molar refractivity (Wildman–Crippen MR) is 90.0 cm³/mol. The number of aryl methyl sites for hydroxylation is 2. The molecule has 0 unspecified atom stereocenters. The molecule has 1 aromatic rings. The average molecular weight is 305 g/mol. The third kappa shape index (κ3) is 5.48. The zero-order chi connectivity index (χ0) is 16.5. The highest BCUT2D eigenvalue weighted by atomic mass is 16.2. The summed E-state index contributed by atoms with van der Waals surface area (Å²) in [6, 6.07) is 5.74. The Hall–Kier alpha value is -1.88. The van der Waals surface area contributed by atoms with Crippen molar-refractivity contribution in [3.05, 3.63) is 29.3 Å². The fourth-order valence-corrected chi connectivity index (χ4v) is 2.31. The van der Waals surface area contributed by atoms with Crippen LogP contribution in [-0.2, 0) is 9.59 Å². The molecule has 2 amide bonds. The van der Waals surface area contributed by atoms with Gasteiger partial charge in [0.2, 0.25) is 0 Å². The van der Waals surface area contributed by atoms with E-state index < -0.39 is 11.8 Å². The number of anilines is 1. The maximum absolute atomic E-state index is 11.9. The quantitative estimate of drug-likeness (QED) is 0.599. The van der Waals surface area contributed by atoms with Crippen molar-refractivity contribution >= 4 is 17.5 Å². The Balaban J connectivity index is 2.41. The normalized spacial score (nSPS) is 10.6. The van der Waals surface area contributed by atoms with E-state index in [0.717, 1.165) is 37.2 Å². The Bertz CT molecular complexity index is 490. The maximum atomic E-state index is 11.9. The molecule has 0 heterocycles. The number of nitrogens with one attached hydrogen (secondary N) is 2. The van der Waals surface area contributed by atoms with Crippen molar-refractivity contribution < 1.29 is 9.59 Å². The summed E-state index contributed by atoms with van der Waals surface area (Å²) in [5, 5.41) is 5.36. The van der Waals surface area contributed by atoms with E-state index in [2.05, 4.69) is 29.4 Å². The molecule has 0 radical (unpaired) electrons. The van der Waals surface area contributed by atoms with E-state index in [9.17, 15) is 9.59 Å². The number of nitrogens with zero attached hydrogens (tertiary/aromatic N) is 1. The van der Waals surface area contributed by atoms with Gasteiger partial charge in [0, 0.05) is 12.2 Å². The molecule has 0 aliphatic rings.